The van der Waals surface area contributed by atoms with E-state index < -0.39 is 0 Å². The van der Waals surface area contributed by atoms with E-state index in [4.69, 9.17) is 4.74 Å². The molecule has 4 atom stereocenters. The second-order valence-corrected chi connectivity index (χ2v) is 8.06. The van der Waals surface area contributed by atoms with Crippen molar-refractivity contribution in [2.75, 3.05) is 26.7 Å². The van der Waals surface area contributed by atoms with Crippen molar-refractivity contribution in [1.29, 1.82) is 0 Å². The average Bonchev–Trinajstić information content (AvgIpc) is 3.40. The molecule has 0 aromatic heterocycles. The van der Waals surface area contributed by atoms with Crippen molar-refractivity contribution in [3.8, 4) is 5.75 Å². The minimum absolute atomic E-state index is 0.250. The summed E-state index contributed by atoms with van der Waals surface area (Å²) in [6, 6.07) is 8.56. The summed E-state index contributed by atoms with van der Waals surface area (Å²) >= 11 is 0. The van der Waals surface area contributed by atoms with Gasteiger partial charge in [-0.1, -0.05) is 18.6 Å². The van der Waals surface area contributed by atoms with E-state index in [2.05, 4.69) is 28.4 Å². The molecule has 2 bridgehead atoms. The molecule has 2 aliphatic carbocycles. The van der Waals surface area contributed by atoms with Gasteiger partial charge < -0.3 is 10.1 Å². The number of benzene rings is 1. The number of carbonyl (C=O) groups is 1. The van der Waals surface area contributed by atoms with Crippen LogP contribution in [-0.2, 0) is 4.79 Å². The van der Waals surface area contributed by atoms with Crippen LogP contribution < -0.4 is 10.1 Å². The molecule has 0 radical (unpaired) electrons. The highest BCUT2D eigenvalue weighted by atomic mass is 16.5. The van der Waals surface area contributed by atoms with E-state index in [0.717, 1.165) is 31.2 Å². The fourth-order valence-electron chi connectivity index (χ4n) is 5.25. The van der Waals surface area contributed by atoms with Crippen molar-refractivity contribution in [2.45, 2.75) is 44.6 Å². The quantitative estimate of drug-likeness (QED) is 0.862. The number of methoxy groups -OCH3 is 1. The first-order valence-corrected chi connectivity index (χ1v) is 9.90. The molecule has 1 N–H and O–H groups in total. The predicted octanol–water partition coefficient (Wildman–Crippen LogP) is 3.38. The summed E-state index contributed by atoms with van der Waals surface area (Å²) in [4.78, 5) is 15.3. The summed E-state index contributed by atoms with van der Waals surface area (Å²) in [7, 11) is 1.71. The maximum atomic E-state index is 12.8. The van der Waals surface area contributed by atoms with Crippen molar-refractivity contribution in [3.63, 3.8) is 0 Å². The third-order valence-electron chi connectivity index (χ3n) is 6.60. The molecule has 136 valence electrons. The lowest BCUT2D eigenvalue weighted by Gasteiger charge is -2.29. The molecule has 4 rings (SSSR count). The number of hydrogen-bond acceptors (Lipinski definition) is 3. The molecular weight excluding hydrogens is 312 g/mol. The summed E-state index contributed by atoms with van der Waals surface area (Å²) < 4.78 is 5.40. The number of rotatable bonds is 6. The lowest BCUT2D eigenvalue weighted by molar-refractivity contribution is -0.126. The zero-order chi connectivity index (χ0) is 17.2. The Balaban J connectivity index is 1.44. The van der Waals surface area contributed by atoms with Crippen LogP contribution in [0, 0.1) is 17.8 Å². The molecule has 3 fully saturated rings. The van der Waals surface area contributed by atoms with Gasteiger partial charge in [-0.05, 0) is 74.7 Å². The lowest BCUT2D eigenvalue weighted by Crippen LogP contribution is -2.40. The first kappa shape index (κ1) is 16.9. The number of nitrogens with one attached hydrogen (secondary N) is 1. The van der Waals surface area contributed by atoms with Gasteiger partial charge in [0.05, 0.1) is 13.2 Å². The molecule has 1 amide bonds. The Kier molecular flexibility index (Phi) is 4.98. The van der Waals surface area contributed by atoms with E-state index in [-0.39, 0.29) is 12.0 Å². The molecule has 1 aliphatic heterocycles. The van der Waals surface area contributed by atoms with Gasteiger partial charge in [0.1, 0.15) is 5.75 Å². The van der Waals surface area contributed by atoms with Crippen molar-refractivity contribution >= 4 is 5.91 Å². The molecular formula is C21H30N2O2. The minimum Gasteiger partial charge on any atom is -0.497 e. The number of amides is 1. The Bertz CT molecular complexity index is 612. The fourth-order valence-corrected chi connectivity index (χ4v) is 5.25. The molecule has 1 aromatic carbocycles. The molecule has 1 aromatic rings. The Morgan fingerprint density at radius 3 is 2.80 bits per heavy atom. The summed E-state index contributed by atoms with van der Waals surface area (Å²) in [5.74, 6) is 2.91. The van der Waals surface area contributed by atoms with Gasteiger partial charge in [0.2, 0.25) is 5.91 Å². The van der Waals surface area contributed by atoms with Crippen LogP contribution in [0.4, 0.5) is 0 Å². The highest BCUT2D eigenvalue weighted by Crippen LogP contribution is 2.48. The number of fused-ring (bicyclic) bond motifs is 2. The molecule has 4 heteroatoms. The molecule has 25 heavy (non-hydrogen) atoms. The second-order valence-electron chi connectivity index (χ2n) is 8.06. The van der Waals surface area contributed by atoms with Crippen LogP contribution in [0.5, 0.6) is 5.75 Å². The van der Waals surface area contributed by atoms with Gasteiger partial charge in [0.15, 0.2) is 0 Å². The molecule has 0 spiro atoms. The summed E-state index contributed by atoms with van der Waals surface area (Å²) in [5.41, 5.74) is 1.24. The van der Waals surface area contributed by atoms with Crippen LogP contribution in [0.3, 0.4) is 0 Å². The second kappa shape index (κ2) is 7.36. The molecule has 1 saturated heterocycles. The van der Waals surface area contributed by atoms with Crippen molar-refractivity contribution < 1.29 is 9.53 Å². The van der Waals surface area contributed by atoms with E-state index in [0.29, 0.717) is 18.4 Å². The average molecular weight is 342 g/mol. The van der Waals surface area contributed by atoms with E-state index >= 15 is 0 Å². The monoisotopic (exact) mass is 342 g/mol. The molecule has 1 heterocycles. The number of hydrogen-bond donors (Lipinski definition) is 1. The number of likely N-dealkylation sites (tertiary alicyclic amines) is 1. The van der Waals surface area contributed by atoms with E-state index in [1.165, 1.54) is 37.7 Å². The number of nitrogens with zero attached hydrogens (tertiary/aromatic N) is 1. The smallest absolute Gasteiger partial charge is 0.223 e. The highest BCUT2D eigenvalue weighted by Gasteiger charge is 2.43. The van der Waals surface area contributed by atoms with E-state index in [1.807, 2.05) is 6.07 Å². The molecule has 3 aliphatic rings. The highest BCUT2D eigenvalue weighted by molar-refractivity contribution is 5.79. The summed E-state index contributed by atoms with van der Waals surface area (Å²) in [5, 5.41) is 3.30. The maximum Gasteiger partial charge on any atom is 0.223 e. The van der Waals surface area contributed by atoms with Crippen LogP contribution in [0.15, 0.2) is 24.3 Å². The van der Waals surface area contributed by atoms with Crippen molar-refractivity contribution in [3.05, 3.63) is 29.8 Å². The van der Waals surface area contributed by atoms with Crippen LogP contribution in [0.2, 0.25) is 0 Å². The number of ether oxygens (including phenoxy) is 1. The standard InChI is InChI=1S/C21H30N2O2/c1-25-18-6-4-5-17(13-18)20(23-9-2-3-10-23)14-22-21(24)19-12-15-7-8-16(19)11-15/h4-6,13,15-16,19-20H,2-3,7-12,14H2,1H3,(H,22,24). The van der Waals surface area contributed by atoms with Crippen LogP contribution in [-0.4, -0.2) is 37.6 Å². The Hall–Kier alpha value is -1.55. The third kappa shape index (κ3) is 3.55. The first-order chi connectivity index (χ1) is 12.2. The van der Waals surface area contributed by atoms with E-state index in [9.17, 15) is 4.79 Å². The van der Waals surface area contributed by atoms with Gasteiger partial charge in [-0.3, -0.25) is 9.69 Å². The fraction of sp³-hybridized carbons (Fsp3) is 0.667. The Labute approximate surface area is 150 Å². The van der Waals surface area contributed by atoms with E-state index in [1.54, 1.807) is 7.11 Å². The first-order valence-electron chi connectivity index (χ1n) is 9.90. The zero-order valence-electron chi connectivity index (χ0n) is 15.2. The minimum atomic E-state index is 0.250. The maximum absolute atomic E-state index is 12.8. The summed E-state index contributed by atoms with van der Waals surface area (Å²) in [6.07, 6.45) is 7.50. The zero-order valence-corrected chi connectivity index (χ0v) is 15.2. The van der Waals surface area contributed by atoms with Gasteiger partial charge in [0, 0.05) is 12.5 Å². The van der Waals surface area contributed by atoms with Crippen LogP contribution >= 0.6 is 0 Å². The number of carbonyl (C=O) groups excluding carboxylic acids is 1. The van der Waals surface area contributed by atoms with Crippen LogP contribution in [0.1, 0.15) is 50.1 Å². The summed E-state index contributed by atoms with van der Waals surface area (Å²) in [6.45, 7) is 2.94. The topological polar surface area (TPSA) is 41.6 Å². The molecule has 4 unspecified atom stereocenters. The molecule has 2 saturated carbocycles. The largest absolute Gasteiger partial charge is 0.497 e. The third-order valence-corrected chi connectivity index (χ3v) is 6.60. The Morgan fingerprint density at radius 1 is 1.28 bits per heavy atom. The van der Waals surface area contributed by atoms with Gasteiger partial charge in [-0.15, -0.1) is 0 Å². The Morgan fingerprint density at radius 2 is 2.12 bits per heavy atom. The van der Waals surface area contributed by atoms with Crippen molar-refractivity contribution in [2.24, 2.45) is 17.8 Å². The normalized spacial score (nSPS) is 29.7. The van der Waals surface area contributed by atoms with Gasteiger partial charge in [-0.2, -0.15) is 0 Å². The predicted molar refractivity (Wildman–Crippen MR) is 98.5 cm³/mol. The SMILES string of the molecule is COc1cccc(C(CNC(=O)C2CC3CCC2C3)N2CCCC2)c1. The van der Waals surface area contributed by atoms with Crippen molar-refractivity contribution in [1.82, 2.24) is 10.2 Å². The van der Waals surface area contributed by atoms with Gasteiger partial charge in [0.25, 0.3) is 0 Å². The molecule has 4 nitrogen and oxygen atoms in total. The van der Waals surface area contributed by atoms with Gasteiger partial charge in [-0.25, -0.2) is 0 Å². The lowest BCUT2D eigenvalue weighted by atomic mass is 9.88. The van der Waals surface area contributed by atoms with Gasteiger partial charge >= 0.3 is 0 Å². The van der Waals surface area contributed by atoms with Crippen LogP contribution in [0.25, 0.3) is 0 Å².